The zero-order valence-corrected chi connectivity index (χ0v) is 19.4. The number of amides is 1. The quantitative estimate of drug-likeness (QED) is 0.446. The topological polar surface area (TPSA) is 106 Å². The van der Waals surface area contributed by atoms with Crippen LogP contribution in [0.1, 0.15) is 24.2 Å². The van der Waals surface area contributed by atoms with E-state index in [0.29, 0.717) is 30.0 Å². The van der Waals surface area contributed by atoms with Crippen molar-refractivity contribution in [1.82, 2.24) is 20.1 Å². The molecule has 174 valence electrons. The van der Waals surface area contributed by atoms with E-state index in [1.54, 1.807) is 19.4 Å². The van der Waals surface area contributed by atoms with Gasteiger partial charge in [-0.1, -0.05) is 18.2 Å². The van der Waals surface area contributed by atoms with Gasteiger partial charge in [0.05, 0.1) is 24.9 Å². The number of carbonyl (C=O) groups excluding carboxylic acids is 1. The summed E-state index contributed by atoms with van der Waals surface area (Å²) >= 11 is 0. The predicted molar refractivity (Wildman–Crippen MR) is 132 cm³/mol. The molecule has 0 unspecified atom stereocenters. The van der Waals surface area contributed by atoms with Gasteiger partial charge < -0.3 is 20.1 Å². The van der Waals surface area contributed by atoms with Gasteiger partial charge in [0.15, 0.2) is 5.65 Å². The van der Waals surface area contributed by atoms with Crippen molar-refractivity contribution in [1.29, 1.82) is 0 Å². The molecular formula is C26H27N5O3. The van der Waals surface area contributed by atoms with E-state index in [0.717, 1.165) is 33.5 Å². The van der Waals surface area contributed by atoms with Crippen LogP contribution in [-0.4, -0.2) is 58.4 Å². The first-order valence-electron chi connectivity index (χ1n) is 11.3. The molecular weight excluding hydrogens is 430 g/mol. The van der Waals surface area contributed by atoms with Gasteiger partial charge in [-0.15, -0.1) is 0 Å². The molecule has 34 heavy (non-hydrogen) atoms. The number of para-hydroxylation sites is 1. The van der Waals surface area contributed by atoms with Crippen molar-refractivity contribution in [2.75, 3.05) is 25.9 Å². The van der Waals surface area contributed by atoms with Crippen LogP contribution < -0.4 is 10.5 Å². The third kappa shape index (κ3) is 3.97. The van der Waals surface area contributed by atoms with Gasteiger partial charge in [-0.2, -0.15) is 5.10 Å². The molecule has 0 spiro atoms. The number of morpholine rings is 1. The lowest BCUT2D eigenvalue weighted by Crippen LogP contribution is -2.48. The molecule has 1 aliphatic rings. The van der Waals surface area contributed by atoms with Gasteiger partial charge in [0.1, 0.15) is 11.4 Å². The van der Waals surface area contributed by atoms with Crippen molar-refractivity contribution in [2.24, 2.45) is 0 Å². The Balaban J connectivity index is 1.54. The van der Waals surface area contributed by atoms with E-state index >= 15 is 0 Å². The molecule has 1 amide bonds. The number of aromatic nitrogens is 3. The Morgan fingerprint density at radius 1 is 1.12 bits per heavy atom. The van der Waals surface area contributed by atoms with Crippen LogP contribution in [0.2, 0.25) is 0 Å². The number of H-pyrrole nitrogens is 1. The molecule has 1 aliphatic heterocycles. The van der Waals surface area contributed by atoms with Gasteiger partial charge in [0.25, 0.3) is 5.91 Å². The Hall–Kier alpha value is -3.91. The summed E-state index contributed by atoms with van der Waals surface area (Å²) < 4.78 is 11.3. The van der Waals surface area contributed by atoms with Gasteiger partial charge >= 0.3 is 0 Å². The van der Waals surface area contributed by atoms with Crippen molar-refractivity contribution in [3.05, 3.63) is 60.3 Å². The van der Waals surface area contributed by atoms with Gasteiger partial charge in [-0.25, -0.2) is 4.98 Å². The number of hydrogen-bond donors (Lipinski definition) is 2. The summed E-state index contributed by atoms with van der Waals surface area (Å²) in [6.07, 6.45) is 1.74. The average molecular weight is 458 g/mol. The molecule has 0 radical (unpaired) electrons. The summed E-state index contributed by atoms with van der Waals surface area (Å²) in [6.45, 7) is 5.02. The summed E-state index contributed by atoms with van der Waals surface area (Å²) in [7, 11) is 1.64. The fraction of sp³-hybridized carbons (Fsp3) is 0.269. The molecule has 1 saturated heterocycles. The number of ether oxygens (including phenoxy) is 2. The summed E-state index contributed by atoms with van der Waals surface area (Å²) in [4.78, 5) is 19.7. The minimum Gasteiger partial charge on any atom is -0.496 e. The first-order valence-corrected chi connectivity index (χ1v) is 11.3. The number of nitrogens with zero attached hydrogens (tertiary/aromatic N) is 3. The van der Waals surface area contributed by atoms with Crippen LogP contribution in [0.5, 0.6) is 5.75 Å². The standard InChI is InChI=1S/C26H27N5O3/c1-15-13-31(14-16(2)34-15)26(32)20-10-17(8-9-22(20)27)18-11-21-24(29-30-25(21)28-12-18)19-6-4-5-7-23(19)33-3/h4-12,15-16H,13-14,27H2,1-3H3,(H,28,29,30)/t15-,16+. The van der Waals surface area contributed by atoms with E-state index in [9.17, 15) is 4.79 Å². The highest BCUT2D eigenvalue weighted by molar-refractivity contribution is 6.01. The van der Waals surface area contributed by atoms with Gasteiger partial charge in [-0.05, 0) is 49.7 Å². The first kappa shape index (κ1) is 21.9. The Morgan fingerprint density at radius 2 is 1.88 bits per heavy atom. The molecule has 2 aromatic carbocycles. The van der Waals surface area contributed by atoms with Crippen LogP contribution in [0.15, 0.2) is 54.7 Å². The van der Waals surface area contributed by atoms with Crippen LogP contribution in [0, 0.1) is 0 Å². The highest BCUT2D eigenvalue weighted by atomic mass is 16.5. The number of nitrogens with one attached hydrogen (secondary N) is 1. The average Bonchev–Trinajstić information content (AvgIpc) is 3.26. The second-order valence-electron chi connectivity index (χ2n) is 8.66. The fourth-order valence-electron chi connectivity index (χ4n) is 4.54. The second kappa shape index (κ2) is 8.79. The molecule has 5 rings (SSSR count). The summed E-state index contributed by atoms with van der Waals surface area (Å²) in [5.41, 5.74) is 11.2. The summed E-state index contributed by atoms with van der Waals surface area (Å²) in [5, 5.41) is 8.34. The number of carbonyl (C=O) groups is 1. The SMILES string of the molecule is COc1ccccc1-c1n[nH]c2ncc(-c3ccc(N)c(C(=O)N4C[C@@H](C)O[C@@H](C)C4)c3)cc12. The monoisotopic (exact) mass is 457 g/mol. The number of methoxy groups -OCH3 is 1. The lowest BCUT2D eigenvalue weighted by Gasteiger charge is -2.35. The van der Waals surface area contributed by atoms with Crippen LogP contribution >= 0.6 is 0 Å². The zero-order chi connectivity index (χ0) is 23.8. The summed E-state index contributed by atoms with van der Waals surface area (Å²) in [5.74, 6) is 0.643. The zero-order valence-electron chi connectivity index (χ0n) is 19.4. The Morgan fingerprint density at radius 3 is 2.65 bits per heavy atom. The smallest absolute Gasteiger partial charge is 0.256 e. The van der Waals surface area contributed by atoms with Crippen LogP contribution in [0.3, 0.4) is 0 Å². The molecule has 1 fully saturated rings. The van der Waals surface area contributed by atoms with E-state index in [4.69, 9.17) is 15.2 Å². The largest absolute Gasteiger partial charge is 0.496 e. The number of anilines is 1. The molecule has 8 heteroatoms. The Kier molecular flexibility index (Phi) is 5.67. The number of hydrogen-bond acceptors (Lipinski definition) is 6. The minimum absolute atomic E-state index is 0.0156. The lowest BCUT2D eigenvalue weighted by atomic mass is 10.00. The number of nitrogens with two attached hydrogens (primary N) is 1. The third-order valence-corrected chi connectivity index (χ3v) is 6.10. The number of aromatic amines is 1. The van der Waals surface area contributed by atoms with E-state index < -0.39 is 0 Å². The van der Waals surface area contributed by atoms with Crippen LogP contribution in [0.25, 0.3) is 33.4 Å². The van der Waals surface area contributed by atoms with Crippen molar-refractivity contribution in [2.45, 2.75) is 26.1 Å². The first-order chi connectivity index (χ1) is 16.4. The molecule has 0 bridgehead atoms. The van der Waals surface area contributed by atoms with Gasteiger partial charge in [-0.3, -0.25) is 9.89 Å². The number of fused-ring (bicyclic) bond motifs is 1. The molecule has 3 N–H and O–H groups in total. The maximum Gasteiger partial charge on any atom is 0.256 e. The predicted octanol–water partition coefficient (Wildman–Crippen LogP) is 4.13. The third-order valence-electron chi connectivity index (χ3n) is 6.10. The lowest BCUT2D eigenvalue weighted by molar-refractivity contribution is -0.0585. The van der Waals surface area contributed by atoms with Gasteiger partial charge in [0, 0.05) is 41.5 Å². The highest BCUT2D eigenvalue weighted by Gasteiger charge is 2.28. The number of benzene rings is 2. The van der Waals surface area contributed by atoms with Crippen LogP contribution in [0.4, 0.5) is 5.69 Å². The van der Waals surface area contributed by atoms with Crippen molar-refractivity contribution < 1.29 is 14.3 Å². The van der Waals surface area contributed by atoms with E-state index in [2.05, 4.69) is 15.2 Å². The number of nitrogen functional groups attached to an aromatic ring is 1. The molecule has 2 aromatic heterocycles. The second-order valence-corrected chi connectivity index (χ2v) is 8.66. The Labute approximate surface area is 197 Å². The fourth-order valence-corrected chi connectivity index (χ4v) is 4.54. The van der Waals surface area contributed by atoms with Crippen LogP contribution in [-0.2, 0) is 4.74 Å². The molecule has 0 saturated carbocycles. The van der Waals surface area contributed by atoms with Crippen molar-refractivity contribution in [3.63, 3.8) is 0 Å². The van der Waals surface area contributed by atoms with Crippen molar-refractivity contribution in [3.8, 4) is 28.1 Å². The molecule has 2 atom stereocenters. The maximum absolute atomic E-state index is 13.3. The van der Waals surface area contributed by atoms with E-state index in [1.165, 1.54) is 0 Å². The normalized spacial score (nSPS) is 18.3. The molecule has 3 heterocycles. The number of rotatable bonds is 4. The summed E-state index contributed by atoms with van der Waals surface area (Å²) in [6, 6.07) is 15.3. The molecule has 4 aromatic rings. The number of pyridine rings is 1. The minimum atomic E-state index is -0.0894. The van der Waals surface area contributed by atoms with E-state index in [1.807, 2.05) is 61.2 Å². The maximum atomic E-state index is 13.3. The molecule has 8 nitrogen and oxygen atoms in total. The van der Waals surface area contributed by atoms with Gasteiger partial charge in [0.2, 0.25) is 0 Å². The molecule has 0 aliphatic carbocycles. The Bertz CT molecular complexity index is 1360. The van der Waals surface area contributed by atoms with Crippen molar-refractivity contribution >= 4 is 22.6 Å². The highest BCUT2D eigenvalue weighted by Crippen LogP contribution is 2.35. The van der Waals surface area contributed by atoms with E-state index in [-0.39, 0.29) is 18.1 Å².